The van der Waals surface area contributed by atoms with Gasteiger partial charge >= 0.3 is 5.97 Å². The molecular formula is C17H20BrFO4. The highest BCUT2D eigenvalue weighted by molar-refractivity contribution is 9.09. The van der Waals surface area contributed by atoms with Crippen molar-refractivity contribution in [3.8, 4) is 5.75 Å². The average molecular weight is 387 g/mol. The topological polar surface area (TPSA) is 52.6 Å². The van der Waals surface area contributed by atoms with Crippen molar-refractivity contribution in [3.05, 3.63) is 29.1 Å². The molecule has 1 atom stereocenters. The number of carbonyl (C=O) groups is 2. The highest BCUT2D eigenvalue weighted by Crippen LogP contribution is 2.42. The summed E-state index contributed by atoms with van der Waals surface area (Å²) in [4.78, 5) is 23.9. The molecule has 6 heteroatoms. The van der Waals surface area contributed by atoms with Gasteiger partial charge in [0.15, 0.2) is 5.78 Å². The smallest absolute Gasteiger partial charge is 0.306 e. The minimum atomic E-state index is -0.780. The molecule has 1 unspecified atom stereocenters. The van der Waals surface area contributed by atoms with E-state index in [0.717, 1.165) is 0 Å². The molecule has 126 valence electrons. The van der Waals surface area contributed by atoms with Crippen LogP contribution in [0.2, 0.25) is 0 Å². The largest absolute Gasteiger partial charge is 0.493 e. The third-order valence-electron chi connectivity index (χ3n) is 4.21. The number of Topliss-reactive ketones (excluding diaryl/α,β-unsaturated/α-hetero) is 1. The summed E-state index contributed by atoms with van der Waals surface area (Å²) < 4.78 is 24.6. The number of ether oxygens (including phenoxy) is 2. The van der Waals surface area contributed by atoms with Crippen molar-refractivity contribution >= 4 is 27.7 Å². The fraction of sp³-hybridized carbons (Fsp3) is 0.529. The van der Waals surface area contributed by atoms with Crippen molar-refractivity contribution in [1.29, 1.82) is 0 Å². The van der Waals surface area contributed by atoms with Crippen LogP contribution < -0.4 is 4.74 Å². The van der Waals surface area contributed by atoms with Crippen LogP contribution in [0, 0.1) is 5.82 Å². The first-order valence-corrected chi connectivity index (χ1v) is 8.75. The van der Waals surface area contributed by atoms with E-state index in [1.54, 1.807) is 6.92 Å². The SMILES string of the molecule is CCOC(=O)CCc1cc(F)cc2c1OCCC2(C)C(=O)CBr. The third-order valence-corrected chi connectivity index (χ3v) is 4.72. The second-order valence-electron chi connectivity index (χ2n) is 5.73. The number of carbonyl (C=O) groups excluding carboxylic acids is 2. The number of hydrogen-bond acceptors (Lipinski definition) is 4. The molecule has 0 saturated carbocycles. The highest BCUT2D eigenvalue weighted by Gasteiger charge is 2.40. The van der Waals surface area contributed by atoms with E-state index < -0.39 is 11.2 Å². The summed E-state index contributed by atoms with van der Waals surface area (Å²) in [5.41, 5.74) is 0.381. The van der Waals surface area contributed by atoms with E-state index in [1.807, 2.05) is 6.92 Å². The molecule has 0 N–H and O–H groups in total. The Morgan fingerprint density at radius 3 is 2.83 bits per heavy atom. The van der Waals surface area contributed by atoms with Crippen LogP contribution >= 0.6 is 15.9 Å². The molecule has 1 aliphatic heterocycles. The van der Waals surface area contributed by atoms with E-state index in [2.05, 4.69) is 15.9 Å². The van der Waals surface area contributed by atoms with Gasteiger partial charge in [0, 0.05) is 12.0 Å². The van der Waals surface area contributed by atoms with E-state index in [9.17, 15) is 14.0 Å². The van der Waals surface area contributed by atoms with E-state index in [0.29, 0.717) is 42.9 Å². The van der Waals surface area contributed by atoms with Gasteiger partial charge in [0.2, 0.25) is 0 Å². The number of fused-ring (bicyclic) bond motifs is 1. The van der Waals surface area contributed by atoms with Gasteiger partial charge in [-0.1, -0.05) is 15.9 Å². The van der Waals surface area contributed by atoms with Gasteiger partial charge in [-0.15, -0.1) is 0 Å². The standard InChI is InChI=1S/C17H20BrFO4/c1-3-22-15(21)5-4-11-8-12(19)9-13-16(11)23-7-6-17(13,2)14(20)10-18/h8-9H,3-7,10H2,1-2H3. The molecule has 1 aromatic rings. The van der Waals surface area contributed by atoms with Gasteiger partial charge in [0.1, 0.15) is 11.6 Å². The Bertz CT molecular complexity index is 617. The molecule has 1 heterocycles. The van der Waals surface area contributed by atoms with Gasteiger partial charge in [-0.05, 0) is 44.4 Å². The Hall–Kier alpha value is -1.43. The van der Waals surface area contributed by atoms with Crippen LogP contribution in [0.1, 0.15) is 37.8 Å². The zero-order valence-corrected chi connectivity index (χ0v) is 14.9. The molecule has 2 rings (SSSR count). The normalized spacial score (nSPS) is 19.7. The van der Waals surface area contributed by atoms with E-state index >= 15 is 0 Å². The van der Waals surface area contributed by atoms with Crippen molar-refractivity contribution in [2.24, 2.45) is 0 Å². The summed E-state index contributed by atoms with van der Waals surface area (Å²) in [6.07, 6.45) is 0.971. The zero-order valence-electron chi connectivity index (χ0n) is 13.3. The predicted octanol–water partition coefficient (Wildman–Crippen LogP) is 3.33. The maximum absolute atomic E-state index is 14.0. The Balaban J connectivity index is 2.36. The number of aryl methyl sites for hydroxylation is 1. The first-order valence-electron chi connectivity index (χ1n) is 7.63. The Kier molecular flexibility index (Phi) is 5.79. The molecule has 0 spiro atoms. The predicted molar refractivity (Wildman–Crippen MR) is 87.6 cm³/mol. The van der Waals surface area contributed by atoms with Crippen LogP contribution in [0.3, 0.4) is 0 Å². The quantitative estimate of drug-likeness (QED) is 0.555. The fourth-order valence-electron chi connectivity index (χ4n) is 2.81. The monoisotopic (exact) mass is 386 g/mol. The van der Waals surface area contributed by atoms with Crippen molar-refractivity contribution in [1.82, 2.24) is 0 Å². The molecule has 4 nitrogen and oxygen atoms in total. The maximum Gasteiger partial charge on any atom is 0.306 e. The van der Waals surface area contributed by atoms with Crippen LogP contribution in [-0.4, -0.2) is 30.3 Å². The number of alkyl halides is 1. The number of esters is 1. The van der Waals surface area contributed by atoms with E-state index in [-0.39, 0.29) is 23.5 Å². The second kappa shape index (κ2) is 7.43. The lowest BCUT2D eigenvalue weighted by molar-refractivity contribution is -0.143. The van der Waals surface area contributed by atoms with Crippen LogP contribution in [-0.2, 0) is 26.2 Å². The number of ketones is 1. The number of halogens is 2. The van der Waals surface area contributed by atoms with Crippen molar-refractivity contribution in [2.45, 2.75) is 38.5 Å². The average Bonchev–Trinajstić information content (AvgIpc) is 2.53. The van der Waals surface area contributed by atoms with E-state index in [1.165, 1.54) is 12.1 Å². The number of hydrogen-bond donors (Lipinski definition) is 0. The summed E-state index contributed by atoms with van der Waals surface area (Å²) in [7, 11) is 0. The molecule has 1 aromatic carbocycles. The Labute approximate surface area is 143 Å². The third kappa shape index (κ3) is 3.74. The maximum atomic E-state index is 14.0. The van der Waals surface area contributed by atoms with Gasteiger partial charge in [-0.2, -0.15) is 0 Å². The zero-order chi connectivity index (χ0) is 17.0. The molecule has 0 aromatic heterocycles. The van der Waals surface area contributed by atoms with Crippen LogP contribution in [0.5, 0.6) is 5.75 Å². The summed E-state index contributed by atoms with van der Waals surface area (Å²) in [6.45, 7) is 4.25. The summed E-state index contributed by atoms with van der Waals surface area (Å²) in [5.74, 6) is -0.245. The molecule has 0 aliphatic carbocycles. The summed E-state index contributed by atoms with van der Waals surface area (Å²) >= 11 is 3.20. The molecule has 0 fully saturated rings. The molecular weight excluding hydrogens is 367 g/mol. The van der Waals surface area contributed by atoms with Gasteiger partial charge in [0.05, 0.1) is 24.0 Å². The molecule has 0 bridgehead atoms. The number of benzene rings is 1. The Morgan fingerprint density at radius 1 is 1.43 bits per heavy atom. The van der Waals surface area contributed by atoms with Gasteiger partial charge in [-0.25, -0.2) is 4.39 Å². The van der Waals surface area contributed by atoms with Gasteiger partial charge in [-0.3, -0.25) is 9.59 Å². The summed E-state index contributed by atoms with van der Waals surface area (Å²) in [6, 6.07) is 2.73. The molecule has 0 amide bonds. The van der Waals surface area contributed by atoms with Gasteiger partial charge < -0.3 is 9.47 Å². The first-order chi connectivity index (χ1) is 10.9. The number of rotatable bonds is 6. The Morgan fingerprint density at radius 2 is 2.17 bits per heavy atom. The van der Waals surface area contributed by atoms with Crippen molar-refractivity contribution in [2.75, 3.05) is 18.5 Å². The molecule has 1 aliphatic rings. The summed E-state index contributed by atoms with van der Waals surface area (Å²) in [5, 5.41) is 0.206. The fourth-order valence-corrected chi connectivity index (χ4v) is 3.43. The lowest BCUT2D eigenvalue weighted by atomic mass is 9.74. The van der Waals surface area contributed by atoms with Crippen molar-refractivity contribution in [3.63, 3.8) is 0 Å². The minimum Gasteiger partial charge on any atom is -0.493 e. The molecule has 0 saturated heterocycles. The lowest BCUT2D eigenvalue weighted by Gasteiger charge is -2.35. The first kappa shape index (κ1) is 17.9. The van der Waals surface area contributed by atoms with Crippen molar-refractivity contribution < 1.29 is 23.5 Å². The van der Waals surface area contributed by atoms with Gasteiger partial charge in [0.25, 0.3) is 0 Å². The van der Waals surface area contributed by atoms with Crippen LogP contribution in [0.15, 0.2) is 12.1 Å². The lowest BCUT2D eigenvalue weighted by Crippen LogP contribution is -2.39. The van der Waals surface area contributed by atoms with Crippen LogP contribution in [0.25, 0.3) is 0 Å². The van der Waals surface area contributed by atoms with E-state index in [4.69, 9.17) is 9.47 Å². The molecule has 0 radical (unpaired) electrons. The second-order valence-corrected chi connectivity index (χ2v) is 6.29. The highest BCUT2D eigenvalue weighted by atomic mass is 79.9. The van der Waals surface area contributed by atoms with Crippen LogP contribution in [0.4, 0.5) is 4.39 Å². The minimum absolute atomic E-state index is 0.0102. The molecule has 23 heavy (non-hydrogen) atoms.